The molecule has 4 nitrogen and oxygen atoms in total. The van der Waals surface area contributed by atoms with Gasteiger partial charge in [-0.1, -0.05) is 0 Å². The summed E-state index contributed by atoms with van der Waals surface area (Å²) in [5, 5.41) is 0. The predicted molar refractivity (Wildman–Crippen MR) is 65.7 cm³/mol. The molecule has 1 aliphatic carbocycles. The van der Waals surface area contributed by atoms with E-state index in [0.29, 0.717) is 28.1 Å². The van der Waals surface area contributed by atoms with Gasteiger partial charge in [-0.05, 0) is 13.8 Å². The lowest BCUT2D eigenvalue weighted by atomic mass is 9.93. The van der Waals surface area contributed by atoms with Gasteiger partial charge < -0.3 is 0 Å². The number of hydrogen-bond donors (Lipinski definition) is 0. The van der Waals surface area contributed by atoms with E-state index in [1.165, 1.54) is 6.33 Å². The number of halogens is 3. The van der Waals surface area contributed by atoms with Gasteiger partial charge in [-0.3, -0.25) is 0 Å². The molecule has 0 saturated carbocycles. The molecule has 3 rings (SSSR count). The number of nitrogens with zero attached hydrogens (tertiary/aromatic N) is 4. The molecule has 0 bridgehead atoms. The van der Waals surface area contributed by atoms with Crippen LogP contribution in [-0.2, 0) is 0 Å². The van der Waals surface area contributed by atoms with Crippen LogP contribution in [0.4, 0.5) is 13.2 Å². The first-order valence-electron chi connectivity index (χ1n) is 5.88. The van der Waals surface area contributed by atoms with Gasteiger partial charge in [0.2, 0.25) is 0 Å². The first-order chi connectivity index (χ1) is 9.36. The lowest BCUT2D eigenvalue weighted by molar-refractivity contribution is -0.0934. The minimum Gasteiger partial charge on any atom is -0.246 e. The molecule has 2 aromatic heterocycles. The Labute approximate surface area is 112 Å². The standard InChI is InChI=1S/C13H9F3N4/c1-6-7(2)20-12-11(19-6)10(17-5-18-12)8-3-9(4-8)13(14,15)16/h5H,3H2,1-2H3. The van der Waals surface area contributed by atoms with Crippen LogP contribution >= 0.6 is 0 Å². The minimum atomic E-state index is -4.33. The van der Waals surface area contributed by atoms with Gasteiger partial charge in [0.15, 0.2) is 5.65 Å². The molecular formula is C13H9F3N4. The lowest BCUT2D eigenvalue weighted by Crippen LogP contribution is -2.16. The first kappa shape index (κ1) is 12.7. The molecule has 0 spiro atoms. The van der Waals surface area contributed by atoms with Gasteiger partial charge in [0.05, 0.1) is 17.0 Å². The molecule has 1 aliphatic rings. The summed E-state index contributed by atoms with van der Waals surface area (Å²) < 4.78 is 37.3. The Morgan fingerprint density at radius 1 is 1.10 bits per heavy atom. The molecule has 102 valence electrons. The minimum absolute atomic E-state index is 0.204. The molecule has 0 radical (unpaired) electrons. The van der Waals surface area contributed by atoms with E-state index in [1.807, 2.05) is 0 Å². The van der Waals surface area contributed by atoms with Crippen molar-refractivity contribution in [2.24, 2.45) is 0 Å². The number of hydrogen-bond acceptors (Lipinski definition) is 4. The van der Waals surface area contributed by atoms with Gasteiger partial charge in [-0.15, -0.1) is 5.73 Å². The molecule has 20 heavy (non-hydrogen) atoms. The Kier molecular flexibility index (Phi) is 2.62. The maximum atomic E-state index is 12.4. The van der Waals surface area contributed by atoms with E-state index >= 15 is 0 Å². The van der Waals surface area contributed by atoms with Crippen molar-refractivity contribution in [1.29, 1.82) is 0 Å². The quantitative estimate of drug-likeness (QED) is 0.753. The number of aromatic nitrogens is 4. The van der Waals surface area contributed by atoms with Crippen molar-refractivity contribution in [2.45, 2.75) is 26.4 Å². The molecule has 7 heteroatoms. The molecule has 2 heterocycles. The van der Waals surface area contributed by atoms with Crippen molar-refractivity contribution in [3.8, 4) is 0 Å². The van der Waals surface area contributed by atoms with Crippen LogP contribution in [0.1, 0.15) is 23.5 Å². The zero-order valence-electron chi connectivity index (χ0n) is 10.7. The van der Waals surface area contributed by atoms with E-state index in [0.717, 1.165) is 5.69 Å². The van der Waals surface area contributed by atoms with Crippen molar-refractivity contribution in [1.82, 2.24) is 19.9 Å². The largest absolute Gasteiger partial charge is 0.420 e. The van der Waals surface area contributed by atoms with Gasteiger partial charge in [-0.2, -0.15) is 13.2 Å². The van der Waals surface area contributed by atoms with Gasteiger partial charge in [0, 0.05) is 12.0 Å². The van der Waals surface area contributed by atoms with Crippen molar-refractivity contribution in [3.05, 3.63) is 34.7 Å². The first-order valence-corrected chi connectivity index (χ1v) is 5.88. The summed E-state index contributed by atoms with van der Waals surface area (Å²) in [4.78, 5) is 16.6. The van der Waals surface area contributed by atoms with Crippen LogP contribution in [-0.4, -0.2) is 26.1 Å². The lowest BCUT2D eigenvalue weighted by Gasteiger charge is -2.18. The summed E-state index contributed by atoms with van der Waals surface area (Å²) in [7, 11) is 0. The van der Waals surface area contributed by atoms with Crippen LogP contribution in [0, 0.1) is 13.8 Å². The third-order valence-corrected chi connectivity index (χ3v) is 3.16. The maximum Gasteiger partial charge on any atom is 0.420 e. The highest BCUT2D eigenvalue weighted by Crippen LogP contribution is 2.39. The summed E-state index contributed by atoms with van der Waals surface area (Å²) in [6.07, 6.45) is -3.25. The van der Waals surface area contributed by atoms with Crippen LogP contribution in [0.15, 0.2) is 17.6 Å². The topological polar surface area (TPSA) is 51.6 Å². The van der Waals surface area contributed by atoms with Crippen LogP contribution in [0.2, 0.25) is 0 Å². The zero-order chi connectivity index (χ0) is 14.5. The second kappa shape index (κ2) is 4.11. The van der Waals surface area contributed by atoms with Crippen LogP contribution < -0.4 is 0 Å². The summed E-state index contributed by atoms with van der Waals surface area (Å²) in [5.41, 5.74) is 4.64. The normalized spacial score (nSPS) is 14.8. The highest BCUT2D eigenvalue weighted by atomic mass is 19.4. The van der Waals surface area contributed by atoms with Gasteiger partial charge in [0.25, 0.3) is 0 Å². The fourth-order valence-corrected chi connectivity index (χ4v) is 1.92. The number of allylic oxidation sites excluding steroid dienone is 1. The summed E-state index contributed by atoms with van der Waals surface area (Å²) >= 11 is 0. The Balaban J connectivity index is 2.20. The molecular weight excluding hydrogens is 269 g/mol. The molecule has 0 aliphatic heterocycles. The Hall–Kier alpha value is -2.27. The van der Waals surface area contributed by atoms with E-state index in [4.69, 9.17) is 0 Å². The smallest absolute Gasteiger partial charge is 0.246 e. The average Bonchev–Trinajstić information content (AvgIpc) is 2.27. The van der Waals surface area contributed by atoms with E-state index in [9.17, 15) is 13.2 Å². The average molecular weight is 278 g/mol. The monoisotopic (exact) mass is 278 g/mol. The number of fused-ring (bicyclic) bond motifs is 1. The van der Waals surface area contributed by atoms with Crippen molar-refractivity contribution < 1.29 is 13.2 Å². The number of rotatable bonds is 1. The van der Waals surface area contributed by atoms with Crippen LogP contribution in [0.3, 0.4) is 0 Å². The molecule has 0 unspecified atom stereocenters. The molecule has 0 N–H and O–H groups in total. The van der Waals surface area contributed by atoms with E-state index < -0.39 is 11.7 Å². The van der Waals surface area contributed by atoms with Crippen molar-refractivity contribution in [3.63, 3.8) is 0 Å². The predicted octanol–water partition coefficient (Wildman–Crippen LogP) is 2.91. The Bertz CT molecular complexity index is 786. The Morgan fingerprint density at radius 2 is 1.75 bits per heavy atom. The van der Waals surface area contributed by atoms with Gasteiger partial charge in [-0.25, -0.2) is 19.9 Å². The third-order valence-electron chi connectivity index (χ3n) is 3.16. The van der Waals surface area contributed by atoms with Crippen molar-refractivity contribution >= 4 is 16.7 Å². The van der Waals surface area contributed by atoms with Crippen molar-refractivity contribution in [2.75, 3.05) is 0 Å². The van der Waals surface area contributed by atoms with E-state index in [2.05, 4.69) is 25.7 Å². The number of alkyl halides is 3. The SMILES string of the molecule is Cc1nc2ncnc(C3=C=C(C(F)(F)F)C3)c2nc1C. The van der Waals surface area contributed by atoms with E-state index in [1.54, 1.807) is 13.8 Å². The summed E-state index contributed by atoms with van der Waals surface area (Å²) in [6.45, 7) is 3.58. The molecule has 0 aromatic carbocycles. The highest BCUT2D eigenvalue weighted by molar-refractivity contribution is 5.87. The second-order valence-corrected chi connectivity index (χ2v) is 4.55. The van der Waals surface area contributed by atoms with Crippen LogP contribution in [0.25, 0.3) is 16.7 Å². The van der Waals surface area contributed by atoms with Gasteiger partial charge >= 0.3 is 6.18 Å². The van der Waals surface area contributed by atoms with Gasteiger partial charge in [0.1, 0.15) is 17.5 Å². The molecule has 0 amide bonds. The third kappa shape index (κ3) is 1.96. The molecule has 0 atom stereocenters. The summed E-state index contributed by atoms with van der Waals surface area (Å²) in [5.74, 6) is 0. The summed E-state index contributed by atoms with van der Waals surface area (Å²) in [6, 6.07) is 0. The molecule has 0 saturated heterocycles. The van der Waals surface area contributed by atoms with E-state index in [-0.39, 0.29) is 6.42 Å². The zero-order valence-corrected chi connectivity index (χ0v) is 10.7. The highest BCUT2D eigenvalue weighted by Gasteiger charge is 2.38. The molecule has 0 fully saturated rings. The maximum absolute atomic E-state index is 12.4. The molecule has 2 aromatic rings. The second-order valence-electron chi connectivity index (χ2n) is 4.55. The van der Waals surface area contributed by atoms with Crippen LogP contribution in [0.5, 0.6) is 0 Å². The Morgan fingerprint density at radius 3 is 2.40 bits per heavy atom. The fraction of sp³-hybridized carbons (Fsp3) is 0.308. The fourth-order valence-electron chi connectivity index (χ4n) is 1.92. The number of aryl methyl sites for hydroxylation is 2.